The minimum Gasteiger partial charge on any atom is -0.337 e. The molecule has 1 heterocycles. The Morgan fingerprint density at radius 1 is 1.35 bits per heavy atom. The van der Waals surface area contributed by atoms with Crippen molar-refractivity contribution in [1.29, 1.82) is 0 Å². The Hall–Kier alpha value is -2.44. The molecule has 5 nitrogen and oxygen atoms in total. The lowest BCUT2D eigenvalue weighted by Crippen LogP contribution is -2.31. The van der Waals surface area contributed by atoms with Gasteiger partial charge >= 0.3 is 6.03 Å². The van der Waals surface area contributed by atoms with Crippen molar-refractivity contribution in [2.24, 2.45) is 7.05 Å². The van der Waals surface area contributed by atoms with Gasteiger partial charge in [-0.1, -0.05) is 0 Å². The van der Waals surface area contributed by atoms with Crippen molar-refractivity contribution in [3.05, 3.63) is 48.1 Å². The van der Waals surface area contributed by atoms with Gasteiger partial charge in [0.1, 0.15) is 17.5 Å². The van der Waals surface area contributed by atoms with Gasteiger partial charge in [0.05, 0.1) is 6.54 Å². The number of amides is 2. The fourth-order valence-electron chi connectivity index (χ4n) is 1.68. The lowest BCUT2D eigenvalue weighted by molar-refractivity contribution is 0.219. The van der Waals surface area contributed by atoms with Crippen molar-refractivity contribution >= 4 is 11.7 Å². The number of hydrogen-bond acceptors (Lipinski definition) is 2. The van der Waals surface area contributed by atoms with Gasteiger partial charge in [-0.15, -0.1) is 0 Å². The fraction of sp³-hybridized carbons (Fsp3) is 0.231. The summed E-state index contributed by atoms with van der Waals surface area (Å²) in [7, 11) is 3.38. The average Bonchev–Trinajstić information content (AvgIpc) is 2.73. The lowest BCUT2D eigenvalue weighted by atomic mass is 10.3. The van der Waals surface area contributed by atoms with E-state index in [1.807, 2.05) is 7.05 Å². The number of halogens is 2. The monoisotopic (exact) mass is 280 g/mol. The number of hydrogen-bond donors (Lipinski definition) is 1. The number of benzene rings is 1. The highest BCUT2D eigenvalue weighted by Gasteiger charge is 2.12. The number of aryl methyl sites for hydroxylation is 1. The van der Waals surface area contributed by atoms with Gasteiger partial charge in [-0.25, -0.2) is 18.6 Å². The summed E-state index contributed by atoms with van der Waals surface area (Å²) in [6.45, 7) is 0.285. The van der Waals surface area contributed by atoms with Gasteiger partial charge in [-0.05, 0) is 12.1 Å². The smallest absolute Gasteiger partial charge is 0.321 e. The van der Waals surface area contributed by atoms with Crippen LogP contribution in [0.2, 0.25) is 0 Å². The molecule has 0 atom stereocenters. The Kier molecular flexibility index (Phi) is 3.97. The van der Waals surface area contributed by atoms with Crippen LogP contribution >= 0.6 is 0 Å². The third-order valence-corrected chi connectivity index (χ3v) is 2.76. The molecule has 0 aliphatic carbocycles. The van der Waals surface area contributed by atoms with Crippen LogP contribution < -0.4 is 5.32 Å². The van der Waals surface area contributed by atoms with Crippen LogP contribution in [0, 0.1) is 11.6 Å². The number of urea groups is 1. The Morgan fingerprint density at radius 3 is 2.55 bits per heavy atom. The first kappa shape index (κ1) is 14.0. The fourth-order valence-corrected chi connectivity index (χ4v) is 1.68. The Labute approximate surface area is 114 Å². The number of rotatable bonds is 3. The predicted octanol–water partition coefficient (Wildman–Crippen LogP) is 2.36. The SMILES string of the molecule is CN(Cc1nccn1C)C(=O)Nc1cc(F)cc(F)c1. The molecule has 7 heteroatoms. The number of aromatic nitrogens is 2. The summed E-state index contributed by atoms with van der Waals surface area (Å²) in [4.78, 5) is 17.4. The molecular formula is C13H14F2N4O. The summed E-state index contributed by atoms with van der Waals surface area (Å²) in [6.07, 6.45) is 3.39. The summed E-state index contributed by atoms with van der Waals surface area (Å²) in [5, 5.41) is 2.43. The molecule has 0 aliphatic rings. The number of carbonyl (C=O) groups excluding carboxylic acids is 1. The number of imidazole rings is 1. The number of carbonyl (C=O) groups is 1. The largest absolute Gasteiger partial charge is 0.337 e. The van der Waals surface area contributed by atoms with E-state index in [0.717, 1.165) is 18.2 Å². The van der Waals surface area contributed by atoms with Crippen LogP contribution in [0.5, 0.6) is 0 Å². The highest BCUT2D eigenvalue weighted by molar-refractivity contribution is 5.89. The van der Waals surface area contributed by atoms with Gasteiger partial charge in [-0.3, -0.25) is 0 Å². The van der Waals surface area contributed by atoms with E-state index >= 15 is 0 Å². The van der Waals surface area contributed by atoms with E-state index in [9.17, 15) is 13.6 Å². The summed E-state index contributed by atoms with van der Waals surface area (Å²) in [6, 6.07) is 2.37. The molecule has 0 aliphatic heterocycles. The summed E-state index contributed by atoms with van der Waals surface area (Å²) >= 11 is 0. The molecule has 2 rings (SSSR count). The van der Waals surface area contributed by atoms with Crippen molar-refractivity contribution < 1.29 is 13.6 Å². The molecule has 1 aromatic carbocycles. The van der Waals surface area contributed by atoms with Crippen molar-refractivity contribution in [2.45, 2.75) is 6.54 Å². The highest BCUT2D eigenvalue weighted by Crippen LogP contribution is 2.13. The van der Waals surface area contributed by atoms with Crippen LogP contribution in [0.25, 0.3) is 0 Å². The first-order valence-electron chi connectivity index (χ1n) is 5.90. The molecule has 0 radical (unpaired) electrons. The van der Waals surface area contributed by atoms with E-state index in [-0.39, 0.29) is 12.2 Å². The highest BCUT2D eigenvalue weighted by atomic mass is 19.1. The molecule has 20 heavy (non-hydrogen) atoms. The van der Waals surface area contributed by atoms with E-state index in [4.69, 9.17) is 0 Å². The molecule has 0 fully saturated rings. The van der Waals surface area contributed by atoms with Crippen molar-refractivity contribution in [3.63, 3.8) is 0 Å². The molecule has 2 amide bonds. The van der Waals surface area contributed by atoms with Gasteiger partial charge in [0.25, 0.3) is 0 Å². The van der Waals surface area contributed by atoms with Gasteiger partial charge < -0.3 is 14.8 Å². The third-order valence-electron chi connectivity index (χ3n) is 2.76. The molecule has 1 aromatic heterocycles. The van der Waals surface area contributed by atoms with Crippen LogP contribution in [0.1, 0.15) is 5.82 Å². The Balaban J connectivity index is 2.02. The van der Waals surface area contributed by atoms with Crippen molar-refractivity contribution in [1.82, 2.24) is 14.5 Å². The molecule has 0 saturated carbocycles. The maximum absolute atomic E-state index is 13.0. The maximum atomic E-state index is 13.0. The van der Waals surface area contributed by atoms with E-state index in [1.54, 1.807) is 24.0 Å². The topological polar surface area (TPSA) is 50.2 Å². The minimum atomic E-state index is -0.743. The first-order chi connectivity index (χ1) is 9.45. The van der Waals surface area contributed by atoms with Gasteiger partial charge in [0.15, 0.2) is 0 Å². The van der Waals surface area contributed by atoms with Gasteiger partial charge in [0.2, 0.25) is 0 Å². The molecule has 106 valence electrons. The molecule has 2 aromatic rings. The van der Waals surface area contributed by atoms with Gasteiger partial charge in [-0.2, -0.15) is 0 Å². The molecule has 0 bridgehead atoms. The van der Waals surface area contributed by atoms with Crippen LogP contribution in [0.4, 0.5) is 19.3 Å². The second-order valence-electron chi connectivity index (χ2n) is 4.40. The molecule has 0 spiro atoms. The summed E-state index contributed by atoms with van der Waals surface area (Å²) in [5.74, 6) is -0.785. The van der Waals surface area contributed by atoms with Crippen LogP contribution in [-0.4, -0.2) is 27.5 Å². The van der Waals surface area contributed by atoms with E-state index in [2.05, 4.69) is 10.3 Å². The zero-order chi connectivity index (χ0) is 14.7. The standard InChI is InChI=1S/C13H14F2N4O/c1-18-4-3-16-12(18)8-19(2)13(20)17-11-6-9(14)5-10(15)7-11/h3-7H,8H2,1-2H3,(H,17,20). The molecule has 1 N–H and O–H groups in total. The van der Waals surface area contributed by atoms with E-state index < -0.39 is 17.7 Å². The lowest BCUT2D eigenvalue weighted by Gasteiger charge is -2.17. The second kappa shape index (κ2) is 5.68. The molecular weight excluding hydrogens is 266 g/mol. The normalized spacial score (nSPS) is 10.4. The number of nitrogens with zero attached hydrogens (tertiary/aromatic N) is 3. The van der Waals surface area contributed by atoms with Crippen molar-refractivity contribution in [3.8, 4) is 0 Å². The van der Waals surface area contributed by atoms with E-state index in [1.165, 1.54) is 4.90 Å². The maximum Gasteiger partial charge on any atom is 0.321 e. The second-order valence-corrected chi connectivity index (χ2v) is 4.40. The predicted molar refractivity (Wildman–Crippen MR) is 70.1 cm³/mol. The van der Waals surface area contributed by atoms with Crippen LogP contribution in [0.3, 0.4) is 0 Å². The average molecular weight is 280 g/mol. The van der Waals surface area contributed by atoms with Crippen molar-refractivity contribution in [2.75, 3.05) is 12.4 Å². The van der Waals surface area contributed by atoms with E-state index in [0.29, 0.717) is 5.82 Å². The zero-order valence-electron chi connectivity index (χ0n) is 11.1. The quantitative estimate of drug-likeness (QED) is 0.938. The third kappa shape index (κ3) is 3.31. The van der Waals surface area contributed by atoms with Gasteiger partial charge in [0, 0.05) is 38.2 Å². The first-order valence-corrected chi connectivity index (χ1v) is 5.90. The summed E-state index contributed by atoms with van der Waals surface area (Å²) in [5.41, 5.74) is 0.0687. The number of nitrogens with one attached hydrogen (secondary N) is 1. The van der Waals surface area contributed by atoms with Crippen LogP contribution in [0.15, 0.2) is 30.6 Å². The zero-order valence-corrected chi connectivity index (χ0v) is 11.1. The Bertz CT molecular complexity index is 606. The van der Waals surface area contributed by atoms with Crippen LogP contribution in [-0.2, 0) is 13.6 Å². The summed E-state index contributed by atoms with van der Waals surface area (Å²) < 4.78 is 27.8. The number of anilines is 1. The minimum absolute atomic E-state index is 0.0687. The molecule has 0 saturated heterocycles. The molecule has 0 unspecified atom stereocenters. The Morgan fingerprint density at radius 2 is 2.00 bits per heavy atom.